The van der Waals surface area contributed by atoms with E-state index in [9.17, 15) is 0 Å². The van der Waals surface area contributed by atoms with Crippen molar-refractivity contribution in [1.82, 2.24) is 4.90 Å². The summed E-state index contributed by atoms with van der Waals surface area (Å²) in [5, 5.41) is 0. The van der Waals surface area contributed by atoms with Crippen LogP contribution in [0.15, 0.2) is 0 Å². The second-order valence-corrected chi connectivity index (χ2v) is 3.85. The number of nitrogens with zero attached hydrogens (tertiary/aromatic N) is 1. The number of rotatable bonds is 2. The van der Waals surface area contributed by atoms with Crippen molar-refractivity contribution in [2.45, 2.75) is 12.5 Å². The second-order valence-electron chi connectivity index (χ2n) is 2.97. The van der Waals surface area contributed by atoms with E-state index in [0.717, 1.165) is 5.92 Å². The Hall–Kier alpha value is 0.610. The van der Waals surface area contributed by atoms with Gasteiger partial charge in [-0.05, 0) is 5.92 Å². The van der Waals surface area contributed by atoms with Gasteiger partial charge in [-0.3, -0.25) is 4.90 Å². The molecular formula is C6H11IN2O. The Kier molecular flexibility index (Phi) is 1.88. The van der Waals surface area contributed by atoms with Gasteiger partial charge in [-0.2, -0.15) is 0 Å². The van der Waals surface area contributed by atoms with Gasteiger partial charge in [0.25, 0.3) is 0 Å². The quantitative estimate of drug-likeness (QED) is 0.428. The van der Waals surface area contributed by atoms with Crippen LogP contribution < -0.4 is 5.73 Å². The summed E-state index contributed by atoms with van der Waals surface area (Å²) in [6.07, 6.45) is 0.273. The first-order valence-electron chi connectivity index (χ1n) is 3.52. The van der Waals surface area contributed by atoms with Gasteiger partial charge in [0.15, 0.2) is 6.23 Å². The Balaban J connectivity index is 1.71. The number of epoxide rings is 1. The van der Waals surface area contributed by atoms with E-state index in [1.54, 1.807) is 0 Å². The Bertz CT molecular complexity index is 138. The van der Waals surface area contributed by atoms with E-state index in [2.05, 4.69) is 27.5 Å². The third-order valence-electron chi connectivity index (χ3n) is 2.06. The van der Waals surface area contributed by atoms with E-state index in [-0.39, 0.29) is 12.5 Å². The predicted molar refractivity (Wildman–Crippen MR) is 46.8 cm³/mol. The van der Waals surface area contributed by atoms with Gasteiger partial charge in [0, 0.05) is 17.5 Å². The lowest BCUT2D eigenvalue weighted by Crippen LogP contribution is -2.50. The molecule has 0 amide bonds. The fourth-order valence-corrected chi connectivity index (χ4v) is 1.88. The van der Waals surface area contributed by atoms with Crippen LogP contribution in [-0.4, -0.2) is 34.9 Å². The summed E-state index contributed by atoms with van der Waals surface area (Å²) < 4.78 is 6.37. The zero-order valence-electron chi connectivity index (χ0n) is 5.66. The summed E-state index contributed by atoms with van der Waals surface area (Å²) in [5.74, 6) is 0.886. The third-order valence-corrected chi connectivity index (χ3v) is 3.31. The topological polar surface area (TPSA) is 41.8 Å². The zero-order valence-corrected chi connectivity index (χ0v) is 7.82. The van der Waals surface area contributed by atoms with Crippen molar-refractivity contribution in [2.24, 2.45) is 11.7 Å². The van der Waals surface area contributed by atoms with Gasteiger partial charge in [0.2, 0.25) is 0 Å². The number of nitrogens with two attached hydrogens (primary N) is 1. The highest BCUT2D eigenvalue weighted by Gasteiger charge is 2.45. The molecule has 0 saturated carbocycles. The summed E-state index contributed by atoms with van der Waals surface area (Å²) in [5.41, 5.74) is 5.50. The first kappa shape index (κ1) is 7.27. The molecule has 2 saturated heterocycles. The maximum absolute atomic E-state index is 5.50. The lowest BCUT2D eigenvalue weighted by molar-refractivity contribution is 0.0628. The molecule has 2 fully saturated rings. The van der Waals surface area contributed by atoms with E-state index in [1.807, 2.05) is 0 Å². The highest BCUT2D eigenvalue weighted by Crippen LogP contribution is 2.29. The molecule has 0 aromatic heterocycles. The molecule has 2 unspecified atom stereocenters. The highest BCUT2D eigenvalue weighted by molar-refractivity contribution is 14.1. The van der Waals surface area contributed by atoms with Crippen molar-refractivity contribution in [3.05, 3.63) is 0 Å². The van der Waals surface area contributed by atoms with Gasteiger partial charge in [-0.1, -0.05) is 22.6 Å². The Morgan fingerprint density at radius 2 is 2.20 bits per heavy atom. The molecule has 2 heterocycles. The van der Waals surface area contributed by atoms with Crippen LogP contribution in [0.3, 0.4) is 0 Å². The van der Waals surface area contributed by atoms with Crippen molar-refractivity contribution >= 4 is 22.6 Å². The van der Waals surface area contributed by atoms with E-state index >= 15 is 0 Å². The van der Waals surface area contributed by atoms with Crippen molar-refractivity contribution in [3.63, 3.8) is 0 Å². The lowest BCUT2D eigenvalue weighted by atomic mass is 10.0. The van der Waals surface area contributed by atoms with Gasteiger partial charge in [-0.25, -0.2) is 0 Å². The molecule has 2 aliphatic rings. The van der Waals surface area contributed by atoms with Crippen molar-refractivity contribution in [3.8, 4) is 0 Å². The average Bonchev–Trinajstić information content (AvgIpc) is 2.45. The van der Waals surface area contributed by atoms with Crippen LogP contribution in [0.4, 0.5) is 0 Å². The van der Waals surface area contributed by atoms with Gasteiger partial charge < -0.3 is 10.5 Å². The normalized spacial score (nSPS) is 41.4. The molecule has 0 spiro atoms. The van der Waals surface area contributed by atoms with Crippen molar-refractivity contribution in [1.29, 1.82) is 0 Å². The molecule has 2 atom stereocenters. The highest BCUT2D eigenvalue weighted by atomic mass is 127. The molecule has 10 heavy (non-hydrogen) atoms. The van der Waals surface area contributed by atoms with E-state index in [4.69, 9.17) is 10.5 Å². The van der Waals surface area contributed by atoms with Gasteiger partial charge in [-0.15, -0.1) is 0 Å². The summed E-state index contributed by atoms with van der Waals surface area (Å²) in [6, 6.07) is 0. The largest absolute Gasteiger partial charge is 0.337 e. The molecule has 2 rings (SSSR count). The summed E-state index contributed by atoms with van der Waals surface area (Å²) in [4.78, 5) is 2.30. The van der Waals surface area contributed by atoms with Gasteiger partial charge in [0.05, 0.1) is 0 Å². The van der Waals surface area contributed by atoms with Crippen LogP contribution in [0.1, 0.15) is 0 Å². The standard InChI is InChI=1S/C6H11IN2O/c7-1-4-2-9(3-4)6-5(8)10-6/h4-6H,1-3,8H2. The molecule has 4 heteroatoms. The Labute approximate surface area is 74.0 Å². The SMILES string of the molecule is NC1OC1N1CC(CI)C1. The van der Waals surface area contributed by atoms with Crippen LogP contribution in [0.5, 0.6) is 0 Å². The monoisotopic (exact) mass is 254 g/mol. The number of halogens is 1. The first-order chi connectivity index (χ1) is 4.81. The summed E-state index contributed by atoms with van der Waals surface area (Å²) >= 11 is 2.43. The average molecular weight is 254 g/mol. The minimum Gasteiger partial charge on any atom is -0.337 e. The molecule has 0 aromatic rings. The minimum atomic E-state index is 0.00941. The fraction of sp³-hybridized carbons (Fsp3) is 1.00. The van der Waals surface area contributed by atoms with Gasteiger partial charge in [0.1, 0.15) is 6.23 Å². The van der Waals surface area contributed by atoms with E-state index in [0.29, 0.717) is 0 Å². The first-order valence-corrected chi connectivity index (χ1v) is 5.05. The van der Waals surface area contributed by atoms with Crippen molar-refractivity contribution < 1.29 is 4.74 Å². The Morgan fingerprint density at radius 1 is 1.60 bits per heavy atom. The van der Waals surface area contributed by atoms with E-state index in [1.165, 1.54) is 17.5 Å². The second kappa shape index (κ2) is 2.58. The molecule has 0 aliphatic carbocycles. The van der Waals surface area contributed by atoms with Crippen LogP contribution in [0.25, 0.3) is 0 Å². The maximum Gasteiger partial charge on any atom is 0.152 e. The van der Waals surface area contributed by atoms with Gasteiger partial charge >= 0.3 is 0 Å². The molecule has 0 aromatic carbocycles. The molecule has 2 N–H and O–H groups in total. The summed E-state index contributed by atoms with van der Waals surface area (Å²) in [7, 11) is 0. The maximum atomic E-state index is 5.50. The zero-order chi connectivity index (χ0) is 7.14. The molecule has 58 valence electrons. The van der Waals surface area contributed by atoms with Crippen LogP contribution in [-0.2, 0) is 4.74 Å². The predicted octanol–water partition coefficient (Wildman–Crippen LogP) is -0.00570. The summed E-state index contributed by atoms with van der Waals surface area (Å²) in [6.45, 7) is 2.36. The minimum absolute atomic E-state index is 0.00941. The third kappa shape index (κ3) is 1.17. The Morgan fingerprint density at radius 3 is 2.60 bits per heavy atom. The van der Waals surface area contributed by atoms with Crippen LogP contribution in [0, 0.1) is 5.92 Å². The fourth-order valence-electron chi connectivity index (χ4n) is 1.32. The smallest absolute Gasteiger partial charge is 0.152 e. The number of likely N-dealkylation sites (tertiary alicyclic amines) is 1. The number of ether oxygens (including phenoxy) is 1. The molecule has 3 nitrogen and oxygen atoms in total. The lowest BCUT2D eigenvalue weighted by Gasteiger charge is -2.37. The van der Waals surface area contributed by atoms with E-state index < -0.39 is 0 Å². The molecule has 0 bridgehead atoms. The van der Waals surface area contributed by atoms with Crippen molar-refractivity contribution in [2.75, 3.05) is 17.5 Å². The van der Waals surface area contributed by atoms with Crippen LogP contribution >= 0.6 is 22.6 Å². The molecular weight excluding hydrogens is 243 g/mol. The number of alkyl halides is 1. The molecule has 0 radical (unpaired) electrons. The number of hydrogen-bond acceptors (Lipinski definition) is 3. The number of hydrogen-bond donors (Lipinski definition) is 1. The molecule has 2 aliphatic heterocycles. The van der Waals surface area contributed by atoms with Crippen LogP contribution in [0.2, 0.25) is 0 Å².